The molecule has 0 aromatic heterocycles. The third kappa shape index (κ3) is 5.35. The van der Waals surface area contributed by atoms with Crippen LogP contribution in [-0.4, -0.2) is 106 Å². The minimum Gasteiger partial charge on any atom is -0.508 e. The van der Waals surface area contributed by atoms with E-state index in [2.05, 4.69) is 0 Å². The molecule has 35 heavy (non-hydrogen) atoms. The van der Waals surface area contributed by atoms with Crippen LogP contribution < -0.4 is 0 Å². The zero-order chi connectivity index (χ0) is 25.3. The molecule has 6 N–H and O–H groups in total. The second-order valence-electron chi connectivity index (χ2n) is 8.78. The number of phenolic OH excluding ortho intramolecular Hbond substituents is 1. The van der Waals surface area contributed by atoms with E-state index >= 15 is 0 Å². The minimum absolute atomic E-state index is 0.00579. The molecular formula is C23H30O12. The van der Waals surface area contributed by atoms with Gasteiger partial charge in [0.15, 0.2) is 18.9 Å². The third-order valence-electron chi connectivity index (χ3n) is 6.61. The van der Waals surface area contributed by atoms with Gasteiger partial charge in [0.05, 0.1) is 18.3 Å². The lowest BCUT2D eigenvalue weighted by Crippen LogP contribution is -2.60. The van der Waals surface area contributed by atoms with E-state index in [1.165, 1.54) is 31.4 Å². The van der Waals surface area contributed by atoms with Crippen LogP contribution in [0.5, 0.6) is 5.75 Å². The summed E-state index contributed by atoms with van der Waals surface area (Å²) in [6.45, 7) is -0.812. The first-order valence-corrected chi connectivity index (χ1v) is 11.2. The molecule has 1 aliphatic carbocycles. The highest BCUT2D eigenvalue weighted by atomic mass is 16.8. The van der Waals surface area contributed by atoms with Gasteiger partial charge in [-0.2, -0.15) is 0 Å². The number of hydrogen-bond donors (Lipinski definition) is 6. The molecule has 10 atom stereocenters. The predicted octanol–water partition coefficient (Wildman–Crippen LogP) is -1.38. The summed E-state index contributed by atoms with van der Waals surface area (Å²) in [7, 11) is 1.42. The van der Waals surface area contributed by atoms with Crippen LogP contribution in [0.4, 0.5) is 0 Å². The second-order valence-corrected chi connectivity index (χ2v) is 8.78. The fourth-order valence-corrected chi connectivity index (χ4v) is 4.67. The Labute approximate surface area is 200 Å². The molecular weight excluding hydrogens is 468 g/mol. The Balaban J connectivity index is 1.49. The molecule has 1 aromatic carbocycles. The number of benzene rings is 1. The minimum atomic E-state index is -1.65. The lowest BCUT2D eigenvalue weighted by Gasteiger charge is -2.44. The van der Waals surface area contributed by atoms with Gasteiger partial charge in [-0.3, -0.25) is 0 Å². The third-order valence-corrected chi connectivity index (χ3v) is 6.61. The molecule has 12 nitrogen and oxygen atoms in total. The van der Waals surface area contributed by atoms with Gasteiger partial charge in [-0.25, -0.2) is 4.79 Å². The largest absolute Gasteiger partial charge is 0.508 e. The van der Waals surface area contributed by atoms with Crippen molar-refractivity contribution in [1.29, 1.82) is 0 Å². The number of hydrogen-bond acceptors (Lipinski definition) is 12. The van der Waals surface area contributed by atoms with Crippen LogP contribution in [0.25, 0.3) is 0 Å². The fourth-order valence-electron chi connectivity index (χ4n) is 4.67. The van der Waals surface area contributed by atoms with Gasteiger partial charge in [0.2, 0.25) is 0 Å². The monoisotopic (exact) mass is 498 g/mol. The summed E-state index contributed by atoms with van der Waals surface area (Å²) in [5, 5.41) is 60.0. The fraction of sp³-hybridized carbons (Fsp3) is 0.609. The summed E-state index contributed by atoms with van der Waals surface area (Å²) >= 11 is 0. The Bertz CT molecular complexity index is 902. The molecule has 3 aliphatic rings. The average Bonchev–Trinajstić information content (AvgIpc) is 3.18. The lowest BCUT2D eigenvalue weighted by atomic mass is 9.84. The number of aliphatic hydroxyl groups excluding tert-OH is 5. The van der Waals surface area contributed by atoms with Crippen molar-refractivity contribution in [2.75, 3.05) is 20.3 Å². The Morgan fingerprint density at radius 2 is 1.74 bits per heavy atom. The molecule has 2 aliphatic heterocycles. The summed E-state index contributed by atoms with van der Waals surface area (Å²) in [6.07, 6.45) is -8.44. The van der Waals surface area contributed by atoms with Crippen molar-refractivity contribution < 1.29 is 59.1 Å². The van der Waals surface area contributed by atoms with E-state index in [0.29, 0.717) is 12.0 Å². The molecule has 4 rings (SSSR count). The van der Waals surface area contributed by atoms with E-state index in [-0.39, 0.29) is 17.9 Å². The van der Waals surface area contributed by atoms with E-state index in [9.17, 15) is 35.4 Å². The van der Waals surface area contributed by atoms with Crippen LogP contribution in [0.3, 0.4) is 0 Å². The number of aromatic hydroxyl groups is 1. The van der Waals surface area contributed by atoms with Crippen LogP contribution in [0, 0.1) is 11.8 Å². The molecule has 2 heterocycles. The molecule has 1 aromatic rings. The van der Waals surface area contributed by atoms with E-state index in [1.54, 1.807) is 6.08 Å². The Morgan fingerprint density at radius 1 is 1.03 bits per heavy atom. The van der Waals surface area contributed by atoms with Crippen LogP contribution in [0.2, 0.25) is 0 Å². The summed E-state index contributed by atoms with van der Waals surface area (Å²) in [5.74, 6) is -1.67. The SMILES string of the molecule is COC1CC2C(O)C=C(COC(=O)c3ccc(O)cc3)C2C(OC2OC(CO)C(O)C(O)C2O)O1. The Morgan fingerprint density at radius 3 is 2.40 bits per heavy atom. The topological polar surface area (TPSA) is 185 Å². The number of carbonyl (C=O) groups excluding carboxylic acids is 1. The van der Waals surface area contributed by atoms with Gasteiger partial charge in [-0.1, -0.05) is 6.08 Å². The molecule has 0 spiro atoms. The van der Waals surface area contributed by atoms with Gasteiger partial charge in [0.1, 0.15) is 36.8 Å². The van der Waals surface area contributed by atoms with Crippen LogP contribution in [0.15, 0.2) is 35.9 Å². The summed E-state index contributed by atoms with van der Waals surface area (Å²) < 4.78 is 27.8. The number of carbonyl (C=O) groups is 1. The second kappa shape index (κ2) is 10.9. The number of phenols is 1. The summed E-state index contributed by atoms with van der Waals surface area (Å²) in [4.78, 5) is 12.4. The standard InChI is InChI=1S/C23H30O12/c1-31-16-7-13-14(26)6-11(9-32-21(30)10-2-4-12(25)5-3-10)17(13)22(34-16)35-23-20(29)19(28)18(27)15(8-24)33-23/h2-6,13-20,22-29H,7-9H2,1H3. The first-order chi connectivity index (χ1) is 16.7. The maximum Gasteiger partial charge on any atom is 0.338 e. The zero-order valence-corrected chi connectivity index (χ0v) is 18.9. The first kappa shape index (κ1) is 25.9. The number of esters is 1. The normalized spacial score (nSPS) is 39.1. The van der Waals surface area contributed by atoms with Gasteiger partial charge in [-0.05, 0) is 29.8 Å². The van der Waals surface area contributed by atoms with Crippen LogP contribution in [-0.2, 0) is 23.7 Å². The van der Waals surface area contributed by atoms with E-state index < -0.39 is 73.8 Å². The van der Waals surface area contributed by atoms with Crippen molar-refractivity contribution in [3.8, 4) is 5.75 Å². The van der Waals surface area contributed by atoms with Crippen LogP contribution >= 0.6 is 0 Å². The highest BCUT2D eigenvalue weighted by Crippen LogP contribution is 2.44. The smallest absolute Gasteiger partial charge is 0.338 e. The molecule has 0 radical (unpaired) electrons. The van der Waals surface area contributed by atoms with E-state index in [4.69, 9.17) is 23.7 Å². The highest BCUT2D eigenvalue weighted by molar-refractivity contribution is 5.89. The van der Waals surface area contributed by atoms with Crippen molar-refractivity contribution >= 4 is 5.97 Å². The predicted molar refractivity (Wildman–Crippen MR) is 115 cm³/mol. The van der Waals surface area contributed by atoms with Crippen molar-refractivity contribution in [1.82, 2.24) is 0 Å². The molecule has 0 saturated carbocycles. The number of ether oxygens (including phenoxy) is 5. The van der Waals surface area contributed by atoms with Gasteiger partial charge < -0.3 is 54.3 Å². The Kier molecular flexibility index (Phi) is 8.06. The maximum absolute atomic E-state index is 12.4. The van der Waals surface area contributed by atoms with Crippen molar-refractivity contribution in [2.24, 2.45) is 11.8 Å². The number of rotatable bonds is 7. The van der Waals surface area contributed by atoms with Gasteiger partial charge >= 0.3 is 5.97 Å². The molecule has 2 fully saturated rings. The molecule has 10 unspecified atom stereocenters. The molecule has 12 heteroatoms. The average molecular weight is 498 g/mol. The number of methoxy groups -OCH3 is 1. The summed E-state index contributed by atoms with van der Waals surface area (Å²) in [6, 6.07) is 5.54. The molecule has 0 bridgehead atoms. The quantitative estimate of drug-likeness (QED) is 0.191. The molecule has 0 amide bonds. The van der Waals surface area contributed by atoms with Crippen molar-refractivity contribution in [2.45, 2.75) is 55.8 Å². The summed E-state index contributed by atoms with van der Waals surface area (Å²) in [5.41, 5.74) is 0.741. The van der Waals surface area contributed by atoms with E-state index in [0.717, 1.165) is 0 Å². The zero-order valence-electron chi connectivity index (χ0n) is 18.9. The molecule has 194 valence electrons. The lowest BCUT2D eigenvalue weighted by molar-refractivity contribution is -0.372. The van der Waals surface area contributed by atoms with Crippen molar-refractivity contribution in [3.63, 3.8) is 0 Å². The first-order valence-electron chi connectivity index (χ1n) is 11.2. The van der Waals surface area contributed by atoms with Gasteiger partial charge in [0.25, 0.3) is 0 Å². The molecule has 2 saturated heterocycles. The van der Waals surface area contributed by atoms with E-state index in [1.807, 2.05) is 0 Å². The number of aliphatic hydroxyl groups is 5. The van der Waals surface area contributed by atoms with Crippen molar-refractivity contribution in [3.05, 3.63) is 41.5 Å². The number of fused-ring (bicyclic) bond motifs is 1. The maximum atomic E-state index is 12.4. The van der Waals surface area contributed by atoms with Gasteiger partial charge in [0, 0.05) is 25.4 Å². The Hall–Kier alpha value is -2.13. The highest BCUT2D eigenvalue weighted by Gasteiger charge is 2.51. The van der Waals surface area contributed by atoms with Crippen LogP contribution in [0.1, 0.15) is 16.8 Å². The van der Waals surface area contributed by atoms with Gasteiger partial charge in [-0.15, -0.1) is 0 Å².